The average molecular weight is 374 g/mol. The fourth-order valence-corrected chi connectivity index (χ4v) is 4.60. The van der Waals surface area contributed by atoms with Crippen LogP contribution in [-0.4, -0.2) is 48.4 Å². The van der Waals surface area contributed by atoms with Gasteiger partial charge in [0.2, 0.25) is 0 Å². The molecule has 0 radical (unpaired) electrons. The smallest absolute Gasteiger partial charge is 0.270 e. The topological polar surface area (TPSA) is 101 Å². The molecular weight excluding hydrogens is 352 g/mol. The predicted molar refractivity (Wildman–Crippen MR) is 99.9 cm³/mol. The lowest BCUT2D eigenvalue weighted by Gasteiger charge is -2.13. The molecule has 0 bridgehead atoms. The molecule has 138 valence electrons. The number of benzene rings is 1. The van der Waals surface area contributed by atoms with Crippen molar-refractivity contribution < 1.29 is 13.2 Å². The van der Waals surface area contributed by atoms with Crippen molar-refractivity contribution in [3.05, 3.63) is 53.5 Å². The summed E-state index contributed by atoms with van der Waals surface area (Å²) < 4.78 is 23.1. The third-order valence-corrected chi connectivity index (χ3v) is 5.97. The van der Waals surface area contributed by atoms with Gasteiger partial charge in [-0.15, -0.1) is 0 Å². The third kappa shape index (κ3) is 5.01. The van der Waals surface area contributed by atoms with E-state index < -0.39 is 9.84 Å². The Morgan fingerprint density at radius 3 is 2.69 bits per heavy atom. The Balaban J connectivity index is 1.60. The van der Waals surface area contributed by atoms with Crippen LogP contribution in [0.4, 0.5) is 5.82 Å². The zero-order chi connectivity index (χ0) is 18.6. The lowest BCUT2D eigenvalue weighted by atomic mass is 10.1. The van der Waals surface area contributed by atoms with Crippen LogP contribution < -0.4 is 10.6 Å². The molecule has 1 aromatic carbocycles. The van der Waals surface area contributed by atoms with Crippen LogP contribution in [0.2, 0.25) is 0 Å². The van der Waals surface area contributed by atoms with Crippen LogP contribution in [0.1, 0.15) is 28.3 Å². The van der Waals surface area contributed by atoms with Crippen molar-refractivity contribution in [2.75, 3.05) is 23.4 Å². The van der Waals surface area contributed by atoms with Gasteiger partial charge < -0.3 is 10.6 Å². The third-order valence-electron chi connectivity index (χ3n) is 4.20. The highest BCUT2D eigenvalue weighted by Gasteiger charge is 2.28. The van der Waals surface area contributed by atoms with Gasteiger partial charge >= 0.3 is 0 Å². The van der Waals surface area contributed by atoms with E-state index in [9.17, 15) is 13.2 Å². The van der Waals surface area contributed by atoms with Gasteiger partial charge in [0.15, 0.2) is 9.84 Å². The van der Waals surface area contributed by atoms with Crippen LogP contribution in [-0.2, 0) is 16.3 Å². The second-order valence-corrected chi connectivity index (χ2v) is 8.65. The fraction of sp³-hybridized carbons (Fsp3) is 0.389. The number of nitrogens with one attached hydrogen (secondary N) is 2. The maximum Gasteiger partial charge on any atom is 0.270 e. The number of rotatable bonds is 6. The molecule has 2 heterocycles. The largest absolute Gasteiger partial charge is 0.366 e. The fourth-order valence-electron chi connectivity index (χ4n) is 2.93. The van der Waals surface area contributed by atoms with Crippen molar-refractivity contribution in [3.8, 4) is 0 Å². The van der Waals surface area contributed by atoms with Gasteiger partial charge in [0.25, 0.3) is 5.91 Å². The molecule has 26 heavy (non-hydrogen) atoms. The summed E-state index contributed by atoms with van der Waals surface area (Å²) in [5.74, 6) is 0.946. The van der Waals surface area contributed by atoms with Gasteiger partial charge in [0, 0.05) is 18.7 Å². The maximum atomic E-state index is 12.4. The molecule has 0 spiro atoms. The second-order valence-electron chi connectivity index (χ2n) is 6.42. The molecule has 1 fully saturated rings. The molecule has 1 aliphatic heterocycles. The van der Waals surface area contributed by atoms with Crippen molar-refractivity contribution in [3.63, 3.8) is 0 Å². The first-order valence-corrected chi connectivity index (χ1v) is 10.4. The predicted octanol–water partition coefficient (Wildman–Crippen LogP) is 1.36. The summed E-state index contributed by atoms with van der Waals surface area (Å²) in [7, 11) is -2.98. The zero-order valence-electron chi connectivity index (χ0n) is 14.6. The van der Waals surface area contributed by atoms with E-state index in [1.807, 2.05) is 30.3 Å². The highest BCUT2D eigenvalue weighted by atomic mass is 32.2. The van der Waals surface area contributed by atoms with E-state index in [-0.39, 0.29) is 29.1 Å². The number of amides is 1. The van der Waals surface area contributed by atoms with E-state index in [1.54, 1.807) is 13.0 Å². The van der Waals surface area contributed by atoms with E-state index in [0.29, 0.717) is 24.6 Å². The SMILES string of the molecule is Cc1nc(NC2CCS(=O)(=O)C2)cc(C(=O)NCCc2ccccc2)n1. The summed E-state index contributed by atoms with van der Waals surface area (Å²) in [4.78, 5) is 20.8. The van der Waals surface area contributed by atoms with Gasteiger partial charge in [0.1, 0.15) is 17.3 Å². The molecule has 0 saturated carbocycles. The van der Waals surface area contributed by atoms with Crippen LogP contribution in [0.25, 0.3) is 0 Å². The molecule has 2 N–H and O–H groups in total. The Morgan fingerprint density at radius 1 is 1.23 bits per heavy atom. The Bertz CT molecular complexity index is 885. The first-order valence-electron chi connectivity index (χ1n) is 8.56. The van der Waals surface area contributed by atoms with Crippen molar-refractivity contribution in [1.29, 1.82) is 0 Å². The number of aromatic nitrogens is 2. The standard InChI is InChI=1S/C18H22N4O3S/c1-13-20-16(18(23)19-9-7-14-5-3-2-4-6-14)11-17(21-13)22-15-8-10-26(24,25)12-15/h2-6,11,15H,7-10,12H2,1H3,(H,19,23)(H,20,21,22). The monoisotopic (exact) mass is 374 g/mol. The number of carbonyl (C=O) groups excluding carboxylic acids is 1. The molecule has 8 heteroatoms. The molecule has 0 aliphatic carbocycles. The van der Waals surface area contributed by atoms with E-state index in [2.05, 4.69) is 20.6 Å². The number of aryl methyl sites for hydroxylation is 1. The molecule has 1 saturated heterocycles. The first-order chi connectivity index (χ1) is 12.4. The molecule has 7 nitrogen and oxygen atoms in total. The van der Waals surface area contributed by atoms with Crippen LogP contribution in [0, 0.1) is 6.92 Å². The number of hydrogen-bond donors (Lipinski definition) is 2. The second kappa shape index (κ2) is 7.82. The molecule has 3 rings (SSSR count). The highest BCUT2D eigenvalue weighted by Crippen LogP contribution is 2.17. The summed E-state index contributed by atoms with van der Waals surface area (Å²) >= 11 is 0. The lowest BCUT2D eigenvalue weighted by molar-refractivity contribution is 0.0948. The quantitative estimate of drug-likeness (QED) is 0.792. The van der Waals surface area contributed by atoms with Crippen LogP contribution in [0.5, 0.6) is 0 Å². The van der Waals surface area contributed by atoms with Crippen LogP contribution in [0.15, 0.2) is 36.4 Å². The minimum absolute atomic E-state index is 0.0919. The number of carbonyl (C=O) groups is 1. The Morgan fingerprint density at radius 2 is 2.00 bits per heavy atom. The van der Waals surface area contributed by atoms with E-state index in [4.69, 9.17) is 0 Å². The molecule has 1 unspecified atom stereocenters. The number of hydrogen-bond acceptors (Lipinski definition) is 6. The van der Waals surface area contributed by atoms with Gasteiger partial charge in [-0.1, -0.05) is 30.3 Å². The lowest BCUT2D eigenvalue weighted by Crippen LogP contribution is -2.27. The maximum absolute atomic E-state index is 12.4. The van der Waals surface area contributed by atoms with Gasteiger partial charge in [-0.3, -0.25) is 4.79 Å². The van der Waals surface area contributed by atoms with Crippen molar-refractivity contribution >= 4 is 21.6 Å². The highest BCUT2D eigenvalue weighted by molar-refractivity contribution is 7.91. The molecule has 1 atom stereocenters. The summed E-state index contributed by atoms with van der Waals surface area (Å²) in [6.45, 7) is 2.22. The molecule has 1 aliphatic rings. The number of sulfone groups is 1. The molecular formula is C18H22N4O3S. The summed E-state index contributed by atoms with van der Waals surface area (Å²) in [5, 5.41) is 5.96. The van der Waals surface area contributed by atoms with Crippen molar-refractivity contribution in [2.24, 2.45) is 0 Å². The van der Waals surface area contributed by atoms with Crippen LogP contribution >= 0.6 is 0 Å². The summed E-state index contributed by atoms with van der Waals surface area (Å²) in [5.41, 5.74) is 1.42. The first kappa shape index (κ1) is 18.3. The normalized spacial score (nSPS) is 18.4. The minimum atomic E-state index is -2.98. The Labute approximate surface area is 153 Å². The number of anilines is 1. The van der Waals surface area contributed by atoms with Crippen LogP contribution in [0.3, 0.4) is 0 Å². The van der Waals surface area contributed by atoms with E-state index in [1.165, 1.54) is 0 Å². The molecule has 1 aromatic heterocycles. The average Bonchev–Trinajstić information content (AvgIpc) is 2.93. The van der Waals surface area contributed by atoms with E-state index in [0.717, 1.165) is 12.0 Å². The zero-order valence-corrected chi connectivity index (χ0v) is 15.4. The molecule has 1 amide bonds. The number of nitrogens with zero attached hydrogens (tertiary/aromatic N) is 2. The van der Waals surface area contributed by atoms with Gasteiger partial charge in [-0.05, 0) is 25.3 Å². The van der Waals surface area contributed by atoms with Gasteiger partial charge in [0.05, 0.1) is 11.5 Å². The van der Waals surface area contributed by atoms with Crippen molar-refractivity contribution in [1.82, 2.24) is 15.3 Å². The van der Waals surface area contributed by atoms with Gasteiger partial charge in [-0.2, -0.15) is 0 Å². The summed E-state index contributed by atoms with van der Waals surface area (Å²) in [6, 6.07) is 11.3. The van der Waals surface area contributed by atoms with Crippen molar-refractivity contribution in [2.45, 2.75) is 25.8 Å². The Hall–Kier alpha value is -2.48. The minimum Gasteiger partial charge on any atom is -0.366 e. The molecule has 2 aromatic rings. The van der Waals surface area contributed by atoms with E-state index >= 15 is 0 Å². The summed E-state index contributed by atoms with van der Waals surface area (Å²) in [6.07, 6.45) is 1.28. The Kier molecular flexibility index (Phi) is 5.51. The van der Waals surface area contributed by atoms with Gasteiger partial charge in [-0.25, -0.2) is 18.4 Å².